The van der Waals surface area contributed by atoms with Gasteiger partial charge in [-0.25, -0.2) is 9.37 Å². The number of hydrogen-bond donors (Lipinski definition) is 1. The first-order valence-corrected chi connectivity index (χ1v) is 11.7. The lowest BCUT2D eigenvalue weighted by Gasteiger charge is -2.17. The number of fused-ring (bicyclic) bond motifs is 1. The molecule has 1 aromatic carbocycles. The van der Waals surface area contributed by atoms with Gasteiger partial charge in [-0.3, -0.25) is 10.1 Å². The molecule has 1 aliphatic rings. The second kappa shape index (κ2) is 10.2. The number of nitrogens with zero attached hydrogens (tertiary/aromatic N) is 3. The Morgan fingerprint density at radius 2 is 2.03 bits per heavy atom. The lowest BCUT2D eigenvalue weighted by molar-refractivity contribution is 0.138. The van der Waals surface area contributed by atoms with E-state index >= 15 is 4.39 Å². The van der Waals surface area contributed by atoms with Gasteiger partial charge in [0, 0.05) is 53.7 Å². The molecule has 0 spiro atoms. The van der Waals surface area contributed by atoms with Gasteiger partial charge in [0.05, 0.1) is 34.5 Å². The molecule has 0 aliphatic carbocycles. The summed E-state index contributed by atoms with van der Waals surface area (Å²) in [7, 11) is 0. The summed E-state index contributed by atoms with van der Waals surface area (Å²) < 4.78 is 32.1. The van der Waals surface area contributed by atoms with Crippen molar-refractivity contribution in [1.29, 1.82) is 0 Å². The summed E-state index contributed by atoms with van der Waals surface area (Å²) in [5, 5.41) is 8.66. The third kappa shape index (κ3) is 5.24. The zero-order chi connectivity index (χ0) is 24.4. The molecule has 2 atom stereocenters. The van der Waals surface area contributed by atoms with Gasteiger partial charge in [-0.2, -0.15) is 5.10 Å². The third-order valence-electron chi connectivity index (χ3n) is 5.62. The molecule has 5 rings (SSSR count). The van der Waals surface area contributed by atoms with Gasteiger partial charge >= 0.3 is 0 Å². The van der Waals surface area contributed by atoms with E-state index in [0.29, 0.717) is 62.6 Å². The molecule has 0 amide bonds. The SMILES string of the molecule is C[C@@H](Oc1ccc2n[nH]c(/C=C(\F)c3ccc(OC4CCOC4)nc3)c2c1)c1c(Cl)cncc1Cl. The molecule has 3 aromatic heterocycles. The van der Waals surface area contributed by atoms with Gasteiger partial charge in [-0.05, 0) is 31.2 Å². The van der Waals surface area contributed by atoms with Gasteiger partial charge in [-0.15, -0.1) is 0 Å². The van der Waals surface area contributed by atoms with Crippen LogP contribution in [0, 0.1) is 0 Å². The number of H-pyrrole nitrogens is 1. The molecule has 0 radical (unpaired) electrons. The average Bonchev–Trinajstić information content (AvgIpc) is 3.49. The van der Waals surface area contributed by atoms with Crippen molar-refractivity contribution in [2.24, 2.45) is 0 Å². The fraction of sp³-hybridized carbons (Fsp3) is 0.240. The molecule has 1 fully saturated rings. The van der Waals surface area contributed by atoms with Crippen LogP contribution >= 0.6 is 23.2 Å². The summed E-state index contributed by atoms with van der Waals surface area (Å²) in [6.45, 7) is 3.06. The van der Waals surface area contributed by atoms with Crippen molar-refractivity contribution < 1.29 is 18.6 Å². The summed E-state index contributed by atoms with van der Waals surface area (Å²) in [4.78, 5) is 8.18. The van der Waals surface area contributed by atoms with E-state index < -0.39 is 11.9 Å². The van der Waals surface area contributed by atoms with Crippen molar-refractivity contribution in [3.8, 4) is 11.6 Å². The lowest BCUT2D eigenvalue weighted by Crippen LogP contribution is -2.16. The highest BCUT2D eigenvalue weighted by atomic mass is 35.5. The van der Waals surface area contributed by atoms with Crippen LogP contribution in [0.4, 0.5) is 4.39 Å². The molecular weight excluding hydrogens is 494 g/mol. The maximum Gasteiger partial charge on any atom is 0.213 e. The number of benzene rings is 1. The number of ether oxygens (including phenoxy) is 3. The number of aromatic amines is 1. The predicted octanol–water partition coefficient (Wildman–Crippen LogP) is 6.44. The van der Waals surface area contributed by atoms with E-state index in [0.717, 1.165) is 6.42 Å². The largest absolute Gasteiger partial charge is 0.486 e. The molecule has 4 aromatic rings. The van der Waals surface area contributed by atoms with Crippen LogP contribution in [0.1, 0.15) is 36.3 Å². The Labute approximate surface area is 210 Å². The maximum atomic E-state index is 15.0. The van der Waals surface area contributed by atoms with E-state index in [1.165, 1.54) is 24.7 Å². The summed E-state index contributed by atoms with van der Waals surface area (Å²) in [6, 6.07) is 8.63. The molecular formula is C25H21Cl2FN4O3. The van der Waals surface area contributed by atoms with Crippen LogP contribution in [0.5, 0.6) is 11.6 Å². The van der Waals surface area contributed by atoms with Gasteiger partial charge < -0.3 is 14.2 Å². The molecule has 1 unspecified atom stereocenters. The molecule has 1 aliphatic heterocycles. The van der Waals surface area contributed by atoms with E-state index in [1.54, 1.807) is 30.3 Å². The van der Waals surface area contributed by atoms with Gasteiger partial charge in [-0.1, -0.05) is 23.2 Å². The predicted molar refractivity (Wildman–Crippen MR) is 132 cm³/mol. The van der Waals surface area contributed by atoms with E-state index in [4.69, 9.17) is 37.4 Å². The Bertz CT molecular complexity index is 1350. The van der Waals surface area contributed by atoms with Gasteiger partial charge in [0.25, 0.3) is 0 Å². The Morgan fingerprint density at radius 1 is 1.20 bits per heavy atom. The van der Waals surface area contributed by atoms with Crippen LogP contribution in [0.25, 0.3) is 22.8 Å². The summed E-state index contributed by atoms with van der Waals surface area (Å²) in [5.41, 5.74) is 2.14. The highest BCUT2D eigenvalue weighted by Gasteiger charge is 2.18. The first-order chi connectivity index (χ1) is 17.0. The Morgan fingerprint density at radius 3 is 2.74 bits per heavy atom. The first-order valence-electron chi connectivity index (χ1n) is 11.0. The zero-order valence-corrected chi connectivity index (χ0v) is 20.2. The number of pyridine rings is 2. The normalized spacial score (nSPS) is 17.0. The quantitative estimate of drug-likeness (QED) is 0.305. The van der Waals surface area contributed by atoms with Crippen LogP contribution in [-0.2, 0) is 4.74 Å². The van der Waals surface area contributed by atoms with Crippen molar-refractivity contribution >= 4 is 46.0 Å². The highest BCUT2D eigenvalue weighted by molar-refractivity contribution is 6.35. The topological polar surface area (TPSA) is 82.2 Å². The number of nitrogens with one attached hydrogen (secondary N) is 1. The van der Waals surface area contributed by atoms with E-state index in [2.05, 4.69) is 20.2 Å². The van der Waals surface area contributed by atoms with Gasteiger partial charge in [0.2, 0.25) is 5.88 Å². The van der Waals surface area contributed by atoms with Gasteiger partial charge in [0.1, 0.15) is 23.8 Å². The standard InChI is InChI=1S/C25H21Cl2FN4O3/c1-14(25-19(26)11-29-12-20(25)27)34-16-3-4-22-18(8-16)23(32-31-22)9-21(28)15-2-5-24(30-10-15)35-17-6-7-33-13-17/h2-5,8-12,14,17H,6-7,13H2,1H3,(H,31,32)/b21-9-/t14-,17?/m1/s1. The molecule has 10 heteroatoms. The van der Waals surface area contributed by atoms with Crippen molar-refractivity contribution in [3.05, 3.63) is 75.8 Å². The fourth-order valence-electron chi connectivity index (χ4n) is 3.84. The van der Waals surface area contributed by atoms with E-state index in [-0.39, 0.29) is 6.10 Å². The third-order valence-corrected chi connectivity index (χ3v) is 6.23. The van der Waals surface area contributed by atoms with Crippen LogP contribution in [0.2, 0.25) is 10.0 Å². The minimum atomic E-state index is -0.464. The molecule has 35 heavy (non-hydrogen) atoms. The van der Waals surface area contributed by atoms with Crippen molar-refractivity contribution in [2.45, 2.75) is 25.6 Å². The highest BCUT2D eigenvalue weighted by Crippen LogP contribution is 2.34. The second-order valence-corrected chi connectivity index (χ2v) is 8.89. The van der Waals surface area contributed by atoms with Crippen LogP contribution in [0.3, 0.4) is 0 Å². The van der Waals surface area contributed by atoms with Crippen molar-refractivity contribution in [3.63, 3.8) is 0 Å². The zero-order valence-electron chi connectivity index (χ0n) is 18.7. The lowest BCUT2D eigenvalue weighted by atomic mass is 10.1. The molecule has 0 saturated carbocycles. The average molecular weight is 515 g/mol. The monoisotopic (exact) mass is 514 g/mol. The molecule has 180 valence electrons. The number of halogens is 3. The molecule has 7 nitrogen and oxygen atoms in total. The number of rotatable bonds is 7. The second-order valence-electron chi connectivity index (χ2n) is 8.07. The molecule has 0 bridgehead atoms. The smallest absolute Gasteiger partial charge is 0.213 e. The Balaban J connectivity index is 1.35. The molecule has 4 heterocycles. The van der Waals surface area contributed by atoms with Crippen LogP contribution in [-0.4, -0.2) is 39.5 Å². The fourth-order valence-corrected chi connectivity index (χ4v) is 4.52. The van der Waals surface area contributed by atoms with E-state index in [9.17, 15) is 0 Å². The van der Waals surface area contributed by atoms with Crippen molar-refractivity contribution in [2.75, 3.05) is 13.2 Å². The molecule has 1 saturated heterocycles. The Kier molecular flexibility index (Phi) is 6.86. The van der Waals surface area contributed by atoms with Crippen LogP contribution in [0.15, 0.2) is 48.9 Å². The minimum absolute atomic E-state index is 0.0187. The summed E-state index contributed by atoms with van der Waals surface area (Å²) in [6.07, 6.45) is 6.22. The van der Waals surface area contributed by atoms with Crippen LogP contribution < -0.4 is 9.47 Å². The number of aromatic nitrogens is 4. The van der Waals surface area contributed by atoms with E-state index in [1.807, 2.05) is 6.92 Å². The van der Waals surface area contributed by atoms with Crippen molar-refractivity contribution in [1.82, 2.24) is 20.2 Å². The van der Waals surface area contributed by atoms with Gasteiger partial charge in [0.15, 0.2) is 0 Å². The summed E-state index contributed by atoms with van der Waals surface area (Å²) >= 11 is 12.5. The number of hydrogen-bond acceptors (Lipinski definition) is 6. The Hall–Kier alpha value is -3.20. The first kappa shape index (κ1) is 23.5. The summed E-state index contributed by atoms with van der Waals surface area (Å²) in [5.74, 6) is 0.535. The maximum absolute atomic E-state index is 15.0. The molecule has 1 N–H and O–H groups in total. The minimum Gasteiger partial charge on any atom is -0.486 e.